The zero-order valence-corrected chi connectivity index (χ0v) is 13.2. The highest BCUT2D eigenvalue weighted by atomic mass is 35.5. The van der Waals surface area contributed by atoms with E-state index in [9.17, 15) is 14.9 Å². The Morgan fingerprint density at radius 2 is 1.70 bits per heavy atom. The van der Waals surface area contributed by atoms with Crippen LogP contribution in [0.2, 0.25) is 0 Å². The number of benzene rings is 2. The quantitative estimate of drug-likeness (QED) is 0.388. The molecule has 3 rings (SSSR count). The molecule has 0 atom stereocenters. The number of nitro benzene ring substituents is 1. The highest BCUT2D eigenvalue weighted by molar-refractivity contribution is 7.19. The van der Waals surface area contributed by atoms with Crippen LogP contribution < -0.4 is 0 Å². The van der Waals surface area contributed by atoms with Crippen LogP contribution in [0, 0.1) is 10.1 Å². The van der Waals surface area contributed by atoms with Gasteiger partial charge in [0.15, 0.2) is 0 Å². The maximum absolute atomic E-state index is 11.7. The molecule has 0 saturated heterocycles. The average Bonchev–Trinajstić information content (AvgIpc) is 3.01. The molecule has 0 saturated carbocycles. The van der Waals surface area contributed by atoms with Gasteiger partial charge < -0.3 is 0 Å². The number of non-ortho nitro benzene ring substituents is 1. The number of aromatic nitrogens is 1. The topological polar surface area (TPSA) is 73.1 Å². The van der Waals surface area contributed by atoms with Gasteiger partial charge >= 0.3 is 0 Å². The highest BCUT2D eigenvalue weighted by Crippen LogP contribution is 2.35. The molecular formula is C16H9ClN2O3S. The molecule has 5 nitrogen and oxygen atoms in total. The van der Waals surface area contributed by atoms with Crippen molar-refractivity contribution < 1.29 is 9.72 Å². The van der Waals surface area contributed by atoms with Crippen molar-refractivity contribution >= 4 is 33.9 Å². The van der Waals surface area contributed by atoms with E-state index >= 15 is 0 Å². The van der Waals surface area contributed by atoms with Crippen LogP contribution in [0.1, 0.15) is 9.67 Å². The number of hydrogen-bond donors (Lipinski definition) is 0. The van der Waals surface area contributed by atoms with E-state index in [4.69, 9.17) is 11.6 Å². The van der Waals surface area contributed by atoms with Gasteiger partial charge in [0.05, 0.1) is 10.6 Å². The van der Waals surface area contributed by atoms with Gasteiger partial charge in [0.2, 0.25) is 0 Å². The maximum Gasteiger partial charge on any atom is 0.269 e. The zero-order valence-electron chi connectivity index (χ0n) is 11.6. The number of rotatable bonds is 4. The summed E-state index contributed by atoms with van der Waals surface area (Å²) < 4.78 is 0. The lowest BCUT2D eigenvalue weighted by molar-refractivity contribution is -0.384. The Kier molecular flexibility index (Phi) is 4.18. The van der Waals surface area contributed by atoms with Crippen molar-refractivity contribution in [3.05, 3.63) is 69.6 Å². The molecule has 0 N–H and O–H groups in total. The Hall–Kier alpha value is -2.57. The summed E-state index contributed by atoms with van der Waals surface area (Å²) in [4.78, 5) is 26.7. The molecule has 0 aliphatic heterocycles. The normalized spacial score (nSPS) is 10.5. The maximum atomic E-state index is 11.7. The fourth-order valence-corrected chi connectivity index (χ4v) is 3.22. The Morgan fingerprint density at radius 1 is 1.04 bits per heavy atom. The molecule has 0 amide bonds. The molecule has 0 fully saturated rings. The summed E-state index contributed by atoms with van der Waals surface area (Å²) in [5.74, 6) is 0. The first-order valence-electron chi connectivity index (χ1n) is 6.57. The smallest absolute Gasteiger partial charge is 0.269 e. The van der Waals surface area contributed by atoms with Gasteiger partial charge in [-0.25, -0.2) is 4.98 Å². The van der Waals surface area contributed by atoms with E-state index in [1.165, 1.54) is 23.5 Å². The minimum atomic E-state index is -0.599. The van der Waals surface area contributed by atoms with Gasteiger partial charge in [0.1, 0.15) is 9.88 Å². The molecule has 114 valence electrons. The van der Waals surface area contributed by atoms with Gasteiger partial charge in [-0.15, -0.1) is 11.3 Å². The lowest BCUT2D eigenvalue weighted by Gasteiger charge is -1.99. The van der Waals surface area contributed by atoms with E-state index in [0.29, 0.717) is 21.1 Å². The lowest BCUT2D eigenvalue weighted by Crippen LogP contribution is -1.91. The third kappa shape index (κ3) is 3.13. The molecule has 2 aromatic carbocycles. The molecule has 1 aromatic heterocycles. The molecule has 23 heavy (non-hydrogen) atoms. The molecule has 0 bridgehead atoms. The van der Waals surface area contributed by atoms with Crippen LogP contribution in [-0.2, 0) is 0 Å². The van der Waals surface area contributed by atoms with Gasteiger partial charge in [-0.1, -0.05) is 30.3 Å². The molecule has 0 spiro atoms. The Balaban J connectivity index is 2.09. The van der Waals surface area contributed by atoms with Crippen molar-refractivity contribution in [2.75, 3.05) is 0 Å². The van der Waals surface area contributed by atoms with Crippen LogP contribution in [0.3, 0.4) is 0 Å². The molecule has 7 heteroatoms. The number of carbonyl (C=O) groups excluding carboxylic acids is 1. The average molecular weight is 345 g/mol. The third-order valence-electron chi connectivity index (χ3n) is 3.18. The summed E-state index contributed by atoms with van der Waals surface area (Å²) in [7, 11) is 0. The van der Waals surface area contributed by atoms with Crippen molar-refractivity contribution in [1.29, 1.82) is 0 Å². The highest BCUT2D eigenvalue weighted by Gasteiger charge is 2.19. The van der Waals surface area contributed by atoms with Gasteiger partial charge in [-0.3, -0.25) is 14.9 Å². The second kappa shape index (κ2) is 6.28. The van der Waals surface area contributed by atoms with Crippen LogP contribution in [0.25, 0.3) is 21.8 Å². The number of carbonyl (C=O) groups is 1. The van der Waals surface area contributed by atoms with E-state index in [0.717, 1.165) is 5.56 Å². The Morgan fingerprint density at radius 3 is 2.26 bits per heavy atom. The van der Waals surface area contributed by atoms with Crippen LogP contribution in [0.5, 0.6) is 0 Å². The first-order valence-corrected chi connectivity index (χ1v) is 7.76. The predicted molar refractivity (Wildman–Crippen MR) is 89.8 cm³/mol. The van der Waals surface area contributed by atoms with E-state index in [-0.39, 0.29) is 5.69 Å². The summed E-state index contributed by atoms with van der Waals surface area (Å²) in [5, 5.41) is 10.8. The van der Waals surface area contributed by atoms with Gasteiger partial charge in [0.25, 0.3) is 10.9 Å². The summed E-state index contributed by atoms with van der Waals surface area (Å²) >= 11 is 6.86. The third-order valence-corrected chi connectivity index (χ3v) is 4.58. The van der Waals surface area contributed by atoms with Gasteiger partial charge in [-0.05, 0) is 23.7 Å². The van der Waals surface area contributed by atoms with Crippen LogP contribution in [0.4, 0.5) is 5.69 Å². The molecule has 0 unspecified atom stereocenters. The summed E-state index contributed by atoms with van der Waals surface area (Å²) in [6.45, 7) is 0. The fourth-order valence-electron chi connectivity index (χ4n) is 2.09. The minimum absolute atomic E-state index is 0.0222. The van der Waals surface area contributed by atoms with Crippen LogP contribution in [-0.4, -0.2) is 15.1 Å². The summed E-state index contributed by atoms with van der Waals surface area (Å²) in [6.07, 6.45) is 0. The van der Waals surface area contributed by atoms with Crippen LogP contribution in [0.15, 0.2) is 54.6 Å². The largest absolute Gasteiger partial charge is 0.275 e. The van der Waals surface area contributed by atoms with Gasteiger partial charge in [0, 0.05) is 23.3 Å². The van der Waals surface area contributed by atoms with Crippen molar-refractivity contribution in [2.24, 2.45) is 0 Å². The first-order chi connectivity index (χ1) is 11.1. The zero-order chi connectivity index (χ0) is 16.4. The number of halogens is 1. The molecular weight excluding hydrogens is 336 g/mol. The van der Waals surface area contributed by atoms with E-state index in [1.54, 1.807) is 12.1 Å². The predicted octanol–water partition coefficient (Wildman–Crippen LogP) is 4.76. The number of nitro groups is 1. The van der Waals surface area contributed by atoms with E-state index < -0.39 is 10.2 Å². The van der Waals surface area contributed by atoms with Crippen molar-refractivity contribution in [1.82, 2.24) is 4.98 Å². The standard InChI is InChI=1S/C16H9ClN2O3S/c17-15(20)14-13(10-6-8-12(9-7-10)19(21)22)18-16(23-14)11-4-2-1-3-5-11/h1-9H. The number of nitrogens with zero attached hydrogens (tertiary/aromatic N) is 2. The second-order valence-electron chi connectivity index (χ2n) is 4.64. The minimum Gasteiger partial charge on any atom is -0.275 e. The SMILES string of the molecule is O=C(Cl)c1sc(-c2ccccc2)nc1-c1ccc([N+](=O)[O-])cc1. The Bertz CT molecular complexity index is 876. The van der Waals surface area contributed by atoms with Gasteiger partial charge in [-0.2, -0.15) is 0 Å². The lowest BCUT2D eigenvalue weighted by atomic mass is 10.1. The molecule has 0 radical (unpaired) electrons. The molecule has 1 heterocycles. The molecule has 0 aliphatic rings. The van der Waals surface area contributed by atoms with Crippen LogP contribution >= 0.6 is 22.9 Å². The molecule has 0 aliphatic carbocycles. The molecule has 3 aromatic rings. The monoisotopic (exact) mass is 344 g/mol. The van der Waals surface area contributed by atoms with Crippen molar-refractivity contribution in [3.8, 4) is 21.8 Å². The van der Waals surface area contributed by atoms with E-state index in [1.807, 2.05) is 30.3 Å². The summed E-state index contributed by atoms with van der Waals surface area (Å²) in [6, 6.07) is 15.3. The Labute approximate surface area is 140 Å². The second-order valence-corrected chi connectivity index (χ2v) is 5.98. The van der Waals surface area contributed by atoms with E-state index in [2.05, 4.69) is 4.98 Å². The van der Waals surface area contributed by atoms with Crippen molar-refractivity contribution in [2.45, 2.75) is 0 Å². The number of hydrogen-bond acceptors (Lipinski definition) is 5. The number of thiazole rings is 1. The fraction of sp³-hybridized carbons (Fsp3) is 0. The first kappa shape index (κ1) is 15.3. The summed E-state index contributed by atoms with van der Waals surface area (Å²) in [5.41, 5.74) is 1.90. The van der Waals surface area contributed by atoms with Crippen molar-refractivity contribution in [3.63, 3.8) is 0 Å².